The van der Waals surface area contributed by atoms with Crippen LogP contribution in [0, 0.1) is 12.8 Å². The summed E-state index contributed by atoms with van der Waals surface area (Å²) in [6.45, 7) is 3.85. The van der Waals surface area contributed by atoms with E-state index in [1.165, 1.54) is 0 Å². The number of hydrogen-bond acceptors (Lipinski definition) is 5. The predicted molar refractivity (Wildman–Crippen MR) is 106 cm³/mol. The lowest BCUT2D eigenvalue weighted by Crippen LogP contribution is -2.39. The van der Waals surface area contributed by atoms with E-state index >= 15 is 0 Å². The van der Waals surface area contributed by atoms with Gasteiger partial charge >= 0.3 is 0 Å². The van der Waals surface area contributed by atoms with Crippen molar-refractivity contribution in [2.24, 2.45) is 5.92 Å². The molecule has 1 aromatic carbocycles. The topological polar surface area (TPSA) is 91.6 Å². The average molecular weight is 394 g/mol. The van der Waals surface area contributed by atoms with Gasteiger partial charge < -0.3 is 9.73 Å². The van der Waals surface area contributed by atoms with Crippen LogP contribution in [0.5, 0.6) is 0 Å². The molecule has 1 aromatic heterocycles. The number of sulfonamides is 1. The summed E-state index contributed by atoms with van der Waals surface area (Å²) in [5, 5.41) is 2.81. The number of carbonyl (C=O) groups excluding carboxylic acids is 1. The Morgan fingerprint density at radius 1 is 1.19 bits per heavy atom. The van der Waals surface area contributed by atoms with Gasteiger partial charge in [-0.05, 0) is 45.3 Å². The first kappa shape index (κ1) is 21.0. The minimum atomic E-state index is -3.63. The van der Waals surface area contributed by atoms with Gasteiger partial charge in [0.05, 0.1) is 24.0 Å². The van der Waals surface area contributed by atoms with Gasteiger partial charge in [0.1, 0.15) is 5.76 Å². The normalized spacial score (nSPS) is 14.0. The number of aryl methyl sites for hydroxylation is 1. The van der Waals surface area contributed by atoms with Crippen molar-refractivity contribution in [3.05, 3.63) is 54.0 Å². The largest absolute Gasteiger partial charge is 0.468 e. The van der Waals surface area contributed by atoms with Crippen LogP contribution in [0.15, 0.2) is 47.1 Å². The van der Waals surface area contributed by atoms with Crippen molar-refractivity contribution >= 4 is 21.6 Å². The number of benzene rings is 1. The maximum Gasteiger partial charge on any atom is 0.233 e. The summed E-state index contributed by atoms with van der Waals surface area (Å²) in [6, 6.07) is 10.5. The smallest absolute Gasteiger partial charge is 0.233 e. The van der Waals surface area contributed by atoms with Crippen molar-refractivity contribution in [2.45, 2.75) is 19.9 Å². The van der Waals surface area contributed by atoms with E-state index in [1.54, 1.807) is 31.4 Å². The number of carbonyl (C=O) groups is 1. The third-order valence-corrected chi connectivity index (χ3v) is 5.69. The molecule has 0 aliphatic carbocycles. The summed E-state index contributed by atoms with van der Waals surface area (Å²) >= 11 is 0. The second-order valence-electron chi connectivity index (χ2n) is 6.89. The lowest BCUT2D eigenvalue weighted by Gasteiger charge is -2.23. The molecular formula is C19H27N3O4S. The van der Waals surface area contributed by atoms with Crippen molar-refractivity contribution in [2.75, 3.05) is 31.1 Å². The molecular weight excluding hydrogens is 366 g/mol. The number of nitrogens with one attached hydrogen (secondary N) is 2. The van der Waals surface area contributed by atoms with Gasteiger partial charge in [-0.25, -0.2) is 8.42 Å². The Morgan fingerprint density at radius 2 is 1.85 bits per heavy atom. The SMILES string of the molecule is Cc1ccc(NS(=O)(=O)CC(C)C(=O)NCC(c2ccco2)N(C)C)cc1. The van der Waals surface area contributed by atoms with E-state index in [2.05, 4.69) is 10.0 Å². The minimum absolute atomic E-state index is 0.126. The van der Waals surface area contributed by atoms with E-state index in [9.17, 15) is 13.2 Å². The molecule has 2 rings (SSSR count). The fourth-order valence-electron chi connectivity index (χ4n) is 2.64. The standard InChI is InChI=1S/C19H27N3O4S/c1-14-7-9-16(10-8-14)21-27(24,25)13-15(2)19(23)20-12-17(22(3)4)18-6-5-11-26-18/h5-11,15,17,21H,12-13H2,1-4H3,(H,20,23). The number of likely N-dealkylation sites (N-methyl/N-ethyl adjacent to an activating group) is 1. The minimum Gasteiger partial charge on any atom is -0.468 e. The van der Waals surface area contributed by atoms with E-state index < -0.39 is 15.9 Å². The molecule has 1 amide bonds. The Hall–Kier alpha value is -2.32. The molecule has 2 aromatic rings. The maximum atomic E-state index is 12.4. The number of rotatable bonds is 9. The molecule has 0 saturated carbocycles. The number of nitrogens with zero attached hydrogens (tertiary/aromatic N) is 1. The van der Waals surface area contributed by atoms with Crippen LogP contribution in [-0.2, 0) is 14.8 Å². The first-order valence-electron chi connectivity index (χ1n) is 8.72. The molecule has 2 N–H and O–H groups in total. The third-order valence-electron chi connectivity index (χ3n) is 4.21. The van der Waals surface area contributed by atoms with Gasteiger partial charge in [0, 0.05) is 12.2 Å². The molecule has 2 atom stereocenters. The van der Waals surface area contributed by atoms with Crippen molar-refractivity contribution in [3.8, 4) is 0 Å². The lowest BCUT2D eigenvalue weighted by atomic mass is 10.1. The Bertz CT molecular complexity index is 830. The summed E-state index contributed by atoms with van der Waals surface area (Å²) in [5.41, 5.74) is 1.52. The van der Waals surface area contributed by atoms with Crippen LogP contribution in [-0.4, -0.2) is 45.6 Å². The van der Waals surface area contributed by atoms with Crippen LogP contribution >= 0.6 is 0 Å². The number of amides is 1. The summed E-state index contributed by atoms with van der Waals surface area (Å²) in [6.07, 6.45) is 1.58. The van der Waals surface area contributed by atoms with Gasteiger partial charge in [-0.15, -0.1) is 0 Å². The second kappa shape index (κ2) is 9.05. The van der Waals surface area contributed by atoms with Gasteiger partial charge in [-0.2, -0.15) is 0 Å². The quantitative estimate of drug-likeness (QED) is 0.682. The predicted octanol–water partition coefficient (Wildman–Crippen LogP) is 2.38. The molecule has 0 aliphatic rings. The molecule has 8 heteroatoms. The van der Waals surface area contributed by atoms with Gasteiger partial charge in [0.15, 0.2) is 0 Å². The molecule has 2 unspecified atom stereocenters. The van der Waals surface area contributed by atoms with Crippen LogP contribution in [0.2, 0.25) is 0 Å². The summed E-state index contributed by atoms with van der Waals surface area (Å²) in [7, 11) is 0.146. The summed E-state index contributed by atoms with van der Waals surface area (Å²) in [4.78, 5) is 14.3. The lowest BCUT2D eigenvalue weighted by molar-refractivity contribution is -0.124. The fraction of sp³-hybridized carbons (Fsp3) is 0.421. The van der Waals surface area contributed by atoms with Crippen LogP contribution in [0.4, 0.5) is 5.69 Å². The first-order chi connectivity index (χ1) is 12.7. The first-order valence-corrected chi connectivity index (χ1v) is 10.4. The third kappa shape index (κ3) is 6.41. The monoisotopic (exact) mass is 393 g/mol. The number of furan rings is 1. The van der Waals surface area contributed by atoms with E-state index in [4.69, 9.17) is 4.42 Å². The number of hydrogen-bond donors (Lipinski definition) is 2. The van der Waals surface area contributed by atoms with Gasteiger partial charge in [0.2, 0.25) is 15.9 Å². The van der Waals surface area contributed by atoms with Crippen molar-refractivity contribution in [1.82, 2.24) is 10.2 Å². The Balaban J connectivity index is 1.91. The highest BCUT2D eigenvalue weighted by Gasteiger charge is 2.24. The summed E-state index contributed by atoms with van der Waals surface area (Å²) < 4.78 is 32.5. The molecule has 7 nitrogen and oxygen atoms in total. The van der Waals surface area contributed by atoms with E-state index in [1.807, 2.05) is 44.1 Å². The Labute approximate surface area is 160 Å². The highest BCUT2D eigenvalue weighted by molar-refractivity contribution is 7.92. The van der Waals surface area contributed by atoms with E-state index in [0.29, 0.717) is 12.2 Å². The van der Waals surface area contributed by atoms with Gasteiger partial charge in [0.25, 0.3) is 0 Å². The Morgan fingerprint density at radius 3 is 2.41 bits per heavy atom. The average Bonchev–Trinajstić information content (AvgIpc) is 3.10. The van der Waals surface area contributed by atoms with Gasteiger partial charge in [-0.1, -0.05) is 24.6 Å². The summed E-state index contributed by atoms with van der Waals surface area (Å²) in [5.74, 6) is -0.559. The molecule has 0 fully saturated rings. The zero-order valence-electron chi connectivity index (χ0n) is 16.1. The maximum absolute atomic E-state index is 12.4. The van der Waals surface area contributed by atoms with Crippen molar-refractivity contribution in [1.29, 1.82) is 0 Å². The number of anilines is 1. The highest BCUT2D eigenvalue weighted by Crippen LogP contribution is 2.18. The zero-order chi connectivity index (χ0) is 20.0. The van der Waals surface area contributed by atoms with E-state index in [-0.39, 0.29) is 17.7 Å². The second-order valence-corrected chi connectivity index (χ2v) is 8.66. The van der Waals surface area contributed by atoms with Crippen LogP contribution in [0.1, 0.15) is 24.3 Å². The zero-order valence-corrected chi connectivity index (χ0v) is 16.9. The van der Waals surface area contributed by atoms with Crippen molar-refractivity contribution in [3.63, 3.8) is 0 Å². The van der Waals surface area contributed by atoms with Crippen LogP contribution in [0.25, 0.3) is 0 Å². The molecule has 148 valence electrons. The van der Waals surface area contributed by atoms with Gasteiger partial charge in [-0.3, -0.25) is 14.4 Å². The molecule has 1 heterocycles. The Kier molecular flexibility index (Phi) is 7.04. The molecule has 27 heavy (non-hydrogen) atoms. The van der Waals surface area contributed by atoms with Crippen molar-refractivity contribution < 1.29 is 17.6 Å². The fourth-order valence-corrected chi connectivity index (χ4v) is 4.03. The molecule has 0 saturated heterocycles. The molecule has 0 spiro atoms. The van der Waals surface area contributed by atoms with Crippen LogP contribution < -0.4 is 10.0 Å². The molecule has 0 bridgehead atoms. The molecule has 0 aliphatic heterocycles. The molecule has 0 radical (unpaired) electrons. The highest BCUT2D eigenvalue weighted by atomic mass is 32.2. The van der Waals surface area contributed by atoms with Crippen LogP contribution in [0.3, 0.4) is 0 Å². The van der Waals surface area contributed by atoms with E-state index in [0.717, 1.165) is 11.3 Å².